The quantitative estimate of drug-likeness (QED) is 0.508. The number of carbonyl (C=O) groups excluding carboxylic acids is 2. The molecule has 5 aliphatic heterocycles. The van der Waals surface area contributed by atoms with Crippen LogP contribution >= 0.6 is 0 Å². The minimum absolute atomic E-state index is 0.00120. The van der Waals surface area contributed by atoms with E-state index in [4.69, 9.17) is 18.9 Å². The van der Waals surface area contributed by atoms with Gasteiger partial charge in [-0.05, 0) is 89.8 Å². The summed E-state index contributed by atoms with van der Waals surface area (Å²) in [6.45, 7) is 9.92. The monoisotopic (exact) mass is 593 g/mol. The molecular formula is C34H47N3O6. The molecule has 1 aromatic rings. The molecule has 1 aromatic carbocycles. The van der Waals surface area contributed by atoms with E-state index in [2.05, 4.69) is 21.9 Å². The van der Waals surface area contributed by atoms with Gasteiger partial charge in [0, 0.05) is 48.5 Å². The molecule has 6 fully saturated rings. The van der Waals surface area contributed by atoms with E-state index in [0.29, 0.717) is 25.8 Å². The summed E-state index contributed by atoms with van der Waals surface area (Å²) < 4.78 is 24.4. The predicted molar refractivity (Wildman–Crippen MR) is 159 cm³/mol. The summed E-state index contributed by atoms with van der Waals surface area (Å²) in [6.07, 6.45) is 7.72. The normalized spacial score (nSPS) is 36.1. The van der Waals surface area contributed by atoms with Gasteiger partial charge in [-0.2, -0.15) is 0 Å². The van der Waals surface area contributed by atoms with Crippen molar-refractivity contribution < 1.29 is 28.5 Å². The smallest absolute Gasteiger partial charge is 0.410 e. The number of hydrogen-bond donors (Lipinski definition) is 0. The zero-order valence-electron chi connectivity index (χ0n) is 26.2. The molecule has 0 aromatic heterocycles. The SMILES string of the molecule is COc1ccc2c3c1O[C@H]1[C@H]4CC[C@@]5(CCN4C(=O)C[C@@H]4COCCN4C(=O)OC(C)(C)C)[C@@H](C2)N(CC2CC2)CC[C@]315. The van der Waals surface area contributed by atoms with E-state index in [0.717, 1.165) is 62.6 Å². The van der Waals surface area contributed by atoms with Crippen LogP contribution in [-0.4, -0.2) is 103 Å². The predicted octanol–water partition coefficient (Wildman–Crippen LogP) is 4.14. The van der Waals surface area contributed by atoms with Gasteiger partial charge in [-0.25, -0.2) is 4.79 Å². The number of methoxy groups -OCH3 is 1. The van der Waals surface area contributed by atoms with Gasteiger partial charge in [-0.1, -0.05) is 6.07 Å². The molecule has 0 N–H and O–H groups in total. The molecule has 5 heterocycles. The second-order valence-electron chi connectivity index (χ2n) is 15.3. The van der Waals surface area contributed by atoms with E-state index < -0.39 is 5.60 Å². The summed E-state index contributed by atoms with van der Waals surface area (Å²) in [7, 11) is 1.74. The Kier molecular flexibility index (Phi) is 6.34. The van der Waals surface area contributed by atoms with E-state index in [-0.39, 0.29) is 47.4 Å². The first-order valence-electron chi connectivity index (χ1n) is 16.6. The molecule has 3 aliphatic carbocycles. The van der Waals surface area contributed by atoms with Crippen LogP contribution < -0.4 is 9.47 Å². The van der Waals surface area contributed by atoms with Crippen molar-refractivity contribution >= 4 is 12.0 Å². The molecule has 2 amide bonds. The second kappa shape index (κ2) is 9.74. The van der Waals surface area contributed by atoms with Gasteiger partial charge in [0.2, 0.25) is 5.91 Å². The van der Waals surface area contributed by atoms with Crippen molar-refractivity contribution in [1.29, 1.82) is 0 Å². The van der Waals surface area contributed by atoms with Crippen LogP contribution in [0.5, 0.6) is 11.5 Å². The molecule has 234 valence electrons. The lowest BCUT2D eigenvalue weighted by Gasteiger charge is -2.66. The van der Waals surface area contributed by atoms with Crippen molar-refractivity contribution in [3.63, 3.8) is 0 Å². The second-order valence-corrected chi connectivity index (χ2v) is 15.3. The van der Waals surface area contributed by atoms with Crippen LogP contribution in [0.4, 0.5) is 4.79 Å². The number of hydrogen-bond acceptors (Lipinski definition) is 7. The third-order valence-electron chi connectivity index (χ3n) is 12.0. The van der Waals surface area contributed by atoms with Crippen molar-refractivity contribution in [2.24, 2.45) is 11.3 Å². The first-order chi connectivity index (χ1) is 20.6. The van der Waals surface area contributed by atoms with Crippen LogP contribution in [0.2, 0.25) is 0 Å². The average Bonchev–Trinajstić information content (AvgIpc) is 3.76. The van der Waals surface area contributed by atoms with Crippen LogP contribution in [0.15, 0.2) is 12.1 Å². The lowest BCUT2D eigenvalue weighted by molar-refractivity contribution is -0.146. The minimum atomic E-state index is -0.595. The molecule has 0 unspecified atom stereocenters. The third kappa shape index (κ3) is 4.09. The highest BCUT2D eigenvalue weighted by Crippen LogP contribution is 2.71. The van der Waals surface area contributed by atoms with Crippen LogP contribution in [0.3, 0.4) is 0 Å². The van der Waals surface area contributed by atoms with Gasteiger partial charge in [0.1, 0.15) is 11.7 Å². The first-order valence-corrected chi connectivity index (χ1v) is 16.6. The molecule has 2 spiro atoms. The summed E-state index contributed by atoms with van der Waals surface area (Å²) in [5.41, 5.74) is 2.21. The fourth-order valence-electron chi connectivity index (χ4n) is 10.2. The highest BCUT2D eigenvalue weighted by atomic mass is 16.6. The number of carbonyl (C=O) groups is 2. The highest BCUT2D eigenvalue weighted by Gasteiger charge is 2.74. The van der Waals surface area contributed by atoms with E-state index in [1.807, 2.05) is 20.8 Å². The molecule has 9 nitrogen and oxygen atoms in total. The Labute approximate surface area is 255 Å². The zero-order valence-corrected chi connectivity index (χ0v) is 26.2. The number of piperidine rings is 1. The summed E-state index contributed by atoms with van der Waals surface area (Å²) in [5, 5.41) is 0. The number of amides is 2. The molecule has 4 saturated heterocycles. The van der Waals surface area contributed by atoms with Gasteiger partial charge in [-0.15, -0.1) is 0 Å². The Morgan fingerprint density at radius 3 is 2.65 bits per heavy atom. The topological polar surface area (TPSA) is 80.8 Å². The summed E-state index contributed by atoms with van der Waals surface area (Å²) in [4.78, 5) is 34.2. The van der Waals surface area contributed by atoms with Gasteiger partial charge in [0.05, 0.1) is 32.4 Å². The fourth-order valence-corrected chi connectivity index (χ4v) is 10.2. The molecular weight excluding hydrogens is 546 g/mol. The molecule has 9 rings (SSSR count). The molecule has 6 atom stereocenters. The summed E-state index contributed by atoms with van der Waals surface area (Å²) >= 11 is 0. The zero-order chi connectivity index (χ0) is 29.7. The van der Waals surface area contributed by atoms with Gasteiger partial charge < -0.3 is 28.7 Å². The van der Waals surface area contributed by atoms with Crippen LogP contribution in [0.25, 0.3) is 0 Å². The lowest BCUT2D eigenvalue weighted by Crippen LogP contribution is -2.72. The summed E-state index contributed by atoms with van der Waals surface area (Å²) in [5.74, 6) is 2.69. The third-order valence-corrected chi connectivity index (χ3v) is 12.0. The van der Waals surface area contributed by atoms with E-state index in [1.165, 1.54) is 30.5 Å². The van der Waals surface area contributed by atoms with E-state index in [1.54, 1.807) is 12.0 Å². The highest BCUT2D eigenvalue weighted by molar-refractivity contribution is 5.79. The Hall–Kier alpha value is -2.52. The maximum Gasteiger partial charge on any atom is 0.410 e. The van der Waals surface area contributed by atoms with Gasteiger partial charge in [0.15, 0.2) is 11.5 Å². The number of rotatable bonds is 5. The standard InChI is InChI=1S/C34H47N3O6/c1-32(2,3)43-31(39)36-15-16-41-20-23(36)18-27(38)37-14-11-33-10-9-24(37)30-34(33)12-13-35(19-21-5-6-21)26(33)17-22-7-8-25(40-4)29(42-30)28(22)34/h7-8,21,23-24,26,30H,5-6,9-20H2,1-4H3/t23-,24-,26-,30+,33-,34+/m1/s1. The van der Waals surface area contributed by atoms with Crippen LogP contribution in [-0.2, 0) is 26.1 Å². The largest absolute Gasteiger partial charge is 0.493 e. The lowest BCUT2D eigenvalue weighted by atomic mass is 9.42. The van der Waals surface area contributed by atoms with Crippen molar-refractivity contribution in [2.75, 3.05) is 46.5 Å². The number of nitrogens with zero attached hydrogens (tertiary/aromatic N) is 3. The van der Waals surface area contributed by atoms with Crippen LogP contribution in [0.1, 0.15) is 76.8 Å². The fraction of sp³-hybridized carbons (Fsp3) is 0.765. The molecule has 8 aliphatic rings. The Bertz CT molecular complexity index is 1320. The maximum atomic E-state index is 14.4. The van der Waals surface area contributed by atoms with Crippen molar-refractivity contribution in [3.05, 3.63) is 23.3 Å². The van der Waals surface area contributed by atoms with Gasteiger partial charge >= 0.3 is 6.09 Å². The Morgan fingerprint density at radius 2 is 1.88 bits per heavy atom. The average molecular weight is 594 g/mol. The number of ether oxygens (including phenoxy) is 4. The summed E-state index contributed by atoms with van der Waals surface area (Å²) in [6, 6.07) is 4.53. The molecule has 43 heavy (non-hydrogen) atoms. The van der Waals surface area contributed by atoms with Crippen LogP contribution in [0, 0.1) is 11.3 Å². The molecule has 2 saturated carbocycles. The molecule has 4 bridgehead atoms. The first kappa shape index (κ1) is 28.0. The Balaban J connectivity index is 1.13. The molecule has 0 radical (unpaired) electrons. The van der Waals surface area contributed by atoms with Crippen molar-refractivity contribution in [1.82, 2.24) is 14.7 Å². The van der Waals surface area contributed by atoms with Crippen molar-refractivity contribution in [2.45, 2.75) is 107 Å². The van der Waals surface area contributed by atoms with E-state index in [9.17, 15) is 9.59 Å². The number of likely N-dealkylation sites (tertiary alicyclic amines) is 1. The minimum Gasteiger partial charge on any atom is -0.493 e. The molecule has 9 heteroatoms. The number of morpholine rings is 1. The number of fused-ring (bicyclic) bond motifs is 3. The van der Waals surface area contributed by atoms with Gasteiger partial charge in [0.25, 0.3) is 0 Å². The number of benzene rings is 1. The Morgan fingerprint density at radius 1 is 1.05 bits per heavy atom. The maximum absolute atomic E-state index is 14.4. The van der Waals surface area contributed by atoms with Crippen molar-refractivity contribution in [3.8, 4) is 11.5 Å². The van der Waals surface area contributed by atoms with Gasteiger partial charge in [-0.3, -0.25) is 9.69 Å². The van der Waals surface area contributed by atoms with E-state index >= 15 is 0 Å².